The number of allylic oxidation sites excluding steroid dienone is 2. The van der Waals surface area contributed by atoms with Crippen LogP contribution >= 0.6 is 0 Å². The maximum Gasteiger partial charge on any atom is 0.0577 e. The molecule has 2 saturated carbocycles. The second-order valence-corrected chi connectivity index (χ2v) is 4.37. The maximum atomic E-state index is 9.63. The van der Waals surface area contributed by atoms with Gasteiger partial charge in [0.25, 0.3) is 0 Å². The number of hydrogen-bond donors (Lipinski definition) is 1. The van der Waals surface area contributed by atoms with Gasteiger partial charge in [0.2, 0.25) is 0 Å². The number of rotatable bonds is 0. The van der Waals surface area contributed by atoms with Crippen LogP contribution in [0.5, 0.6) is 0 Å². The van der Waals surface area contributed by atoms with Crippen molar-refractivity contribution in [3.05, 3.63) is 12.2 Å². The topological polar surface area (TPSA) is 20.2 Å². The Morgan fingerprint density at radius 2 is 2.09 bits per heavy atom. The second-order valence-electron chi connectivity index (χ2n) is 4.37. The summed E-state index contributed by atoms with van der Waals surface area (Å²) < 4.78 is 0. The first-order valence-corrected chi connectivity index (χ1v) is 4.71. The van der Waals surface area contributed by atoms with Crippen LogP contribution in [0.4, 0.5) is 0 Å². The van der Waals surface area contributed by atoms with Crippen molar-refractivity contribution in [1.29, 1.82) is 0 Å². The first kappa shape index (κ1) is 6.24. The third kappa shape index (κ3) is 0.652. The van der Waals surface area contributed by atoms with E-state index in [0.717, 1.165) is 24.2 Å². The number of hydrogen-bond acceptors (Lipinski definition) is 1. The Hall–Kier alpha value is -0.300. The van der Waals surface area contributed by atoms with Gasteiger partial charge in [0, 0.05) is 0 Å². The quantitative estimate of drug-likeness (QED) is 0.520. The summed E-state index contributed by atoms with van der Waals surface area (Å²) in [4.78, 5) is 0. The standard InChI is InChI=1S/C10H14O/c11-10-5-6-4-9(10)8-3-1-2-7(6)8/h1,3,6-11H,2,4-5H2/t6-,7?,8?,9-,10?/m1/s1. The van der Waals surface area contributed by atoms with Crippen molar-refractivity contribution in [3.63, 3.8) is 0 Å². The normalized spacial score (nSPS) is 58.8. The molecule has 2 bridgehead atoms. The van der Waals surface area contributed by atoms with Crippen LogP contribution in [0.25, 0.3) is 0 Å². The lowest BCUT2D eigenvalue weighted by Gasteiger charge is -2.27. The highest BCUT2D eigenvalue weighted by Gasteiger charge is 2.51. The zero-order valence-corrected chi connectivity index (χ0v) is 6.61. The van der Waals surface area contributed by atoms with Gasteiger partial charge in [-0.1, -0.05) is 12.2 Å². The Morgan fingerprint density at radius 1 is 1.18 bits per heavy atom. The monoisotopic (exact) mass is 150 g/mol. The van der Waals surface area contributed by atoms with E-state index in [9.17, 15) is 5.11 Å². The van der Waals surface area contributed by atoms with E-state index in [-0.39, 0.29) is 6.10 Å². The van der Waals surface area contributed by atoms with Crippen molar-refractivity contribution in [2.24, 2.45) is 23.7 Å². The van der Waals surface area contributed by atoms with Crippen LogP contribution in [-0.4, -0.2) is 11.2 Å². The molecule has 0 radical (unpaired) electrons. The highest BCUT2D eigenvalue weighted by molar-refractivity contribution is 5.14. The van der Waals surface area contributed by atoms with Crippen LogP contribution in [0.2, 0.25) is 0 Å². The molecule has 0 aromatic carbocycles. The highest BCUT2D eigenvalue weighted by atomic mass is 16.3. The fourth-order valence-electron chi connectivity index (χ4n) is 3.51. The number of fused-ring (bicyclic) bond motifs is 5. The molecule has 0 saturated heterocycles. The fourth-order valence-corrected chi connectivity index (χ4v) is 3.51. The molecule has 1 N–H and O–H groups in total. The van der Waals surface area contributed by atoms with Crippen molar-refractivity contribution in [1.82, 2.24) is 0 Å². The molecule has 1 heteroatoms. The molecule has 0 spiro atoms. The molecule has 0 heterocycles. The molecule has 3 aliphatic rings. The van der Waals surface area contributed by atoms with E-state index in [1.807, 2.05) is 0 Å². The number of aliphatic hydroxyl groups is 1. The van der Waals surface area contributed by atoms with Crippen LogP contribution in [0.3, 0.4) is 0 Å². The first-order chi connectivity index (χ1) is 5.36. The van der Waals surface area contributed by atoms with E-state index < -0.39 is 0 Å². The van der Waals surface area contributed by atoms with Gasteiger partial charge < -0.3 is 5.11 Å². The Balaban J connectivity index is 1.94. The van der Waals surface area contributed by atoms with Crippen LogP contribution in [0, 0.1) is 23.7 Å². The molecular weight excluding hydrogens is 136 g/mol. The molecule has 11 heavy (non-hydrogen) atoms. The van der Waals surface area contributed by atoms with Crippen molar-refractivity contribution in [2.45, 2.75) is 25.4 Å². The maximum absolute atomic E-state index is 9.63. The number of aliphatic hydroxyl groups excluding tert-OH is 1. The third-order valence-electron chi connectivity index (χ3n) is 3.97. The third-order valence-corrected chi connectivity index (χ3v) is 3.97. The summed E-state index contributed by atoms with van der Waals surface area (Å²) in [5, 5.41) is 9.63. The average Bonchev–Trinajstić information content (AvgIpc) is 2.52. The highest BCUT2D eigenvalue weighted by Crippen LogP contribution is 2.56. The summed E-state index contributed by atoms with van der Waals surface area (Å²) in [6.07, 6.45) is 8.38. The van der Waals surface area contributed by atoms with Crippen LogP contribution < -0.4 is 0 Å². The zero-order valence-electron chi connectivity index (χ0n) is 6.61. The van der Waals surface area contributed by atoms with Crippen molar-refractivity contribution < 1.29 is 5.11 Å². The predicted octanol–water partition coefficient (Wildman–Crippen LogP) is 1.58. The van der Waals surface area contributed by atoms with Crippen LogP contribution in [-0.2, 0) is 0 Å². The van der Waals surface area contributed by atoms with E-state index in [2.05, 4.69) is 12.2 Å². The molecule has 0 aliphatic heterocycles. The van der Waals surface area contributed by atoms with Gasteiger partial charge in [-0.2, -0.15) is 0 Å². The largest absolute Gasteiger partial charge is 0.393 e. The summed E-state index contributed by atoms with van der Waals surface area (Å²) in [5.41, 5.74) is 0. The van der Waals surface area contributed by atoms with Gasteiger partial charge in [-0.25, -0.2) is 0 Å². The Kier molecular flexibility index (Phi) is 1.07. The van der Waals surface area contributed by atoms with Crippen LogP contribution in [0.1, 0.15) is 19.3 Å². The van der Waals surface area contributed by atoms with Gasteiger partial charge in [-0.05, 0) is 42.9 Å². The van der Waals surface area contributed by atoms with Crippen molar-refractivity contribution in [3.8, 4) is 0 Å². The Labute approximate surface area is 67.1 Å². The molecule has 3 aliphatic carbocycles. The van der Waals surface area contributed by atoms with Crippen molar-refractivity contribution in [2.75, 3.05) is 0 Å². The molecule has 5 atom stereocenters. The lowest BCUT2D eigenvalue weighted by atomic mass is 9.80. The lowest BCUT2D eigenvalue weighted by Crippen LogP contribution is -2.27. The van der Waals surface area contributed by atoms with E-state index in [4.69, 9.17) is 0 Å². The lowest BCUT2D eigenvalue weighted by molar-refractivity contribution is 0.0746. The Morgan fingerprint density at radius 3 is 3.00 bits per heavy atom. The molecule has 60 valence electrons. The minimum atomic E-state index is 0.0315. The minimum absolute atomic E-state index is 0.0315. The Bertz CT molecular complexity index is 209. The summed E-state index contributed by atoms with van der Waals surface area (Å²) in [7, 11) is 0. The van der Waals surface area contributed by atoms with Gasteiger partial charge in [0.1, 0.15) is 0 Å². The minimum Gasteiger partial charge on any atom is -0.393 e. The molecule has 0 aromatic heterocycles. The summed E-state index contributed by atoms with van der Waals surface area (Å²) in [6.45, 7) is 0. The summed E-state index contributed by atoms with van der Waals surface area (Å²) >= 11 is 0. The van der Waals surface area contributed by atoms with Gasteiger partial charge in [0.05, 0.1) is 6.10 Å². The van der Waals surface area contributed by atoms with E-state index in [1.54, 1.807) is 0 Å². The molecule has 2 fully saturated rings. The first-order valence-electron chi connectivity index (χ1n) is 4.71. The van der Waals surface area contributed by atoms with Crippen molar-refractivity contribution >= 4 is 0 Å². The molecule has 0 amide bonds. The summed E-state index contributed by atoms with van der Waals surface area (Å²) in [5.74, 6) is 3.16. The van der Waals surface area contributed by atoms with Gasteiger partial charge in [0.15, 0.2) is 0 Å². The second kappa shape index (κ2) is 1.89. The molecule has 3 rings (SSSR count). The summed E-state index contributed by atoms with van der Waals surface area (Å²) in [6, 6.07) is 0. The molecular formula is C10H14O. The molecule has 1 nitrogen and oxygen atoms in total. The van der Waals surface area contributed by atoms with Crippen LogP contribution in [0.15, 0.2) is 12.2 Å². The van der Waals surface area contributed by atoms with E-state index >= 15 is 0 Å². The predicted molar refractivity (Wildman–Crippen MR) is 43.0 cm³/mol. The van der Waals surface area contributed by atoms with Gasteiger partial charge in [-0.3, -0.25) is 0 Å². The van der Waals surface area contributed by atoms with Gasteiger partial charge in [-0.15, -0.1) is 0 Å². The molecule has 3 unspecified atom stereocenters. The average molecular weight is 150 g/mol. The fraction of sp³-hybridized carbons (Fsp3) is 0.800. The molecule has 0 aromatic rings. The SMILES string of the molecule is OC1C[C@H]2C[C@@H]1C1C=CCC12. The van der Waals surface area contributed by atoms with E-state index in [0.29, 0.717) is 5.92 Å². The smallest absolute Gasteiger partial charge is 0.0577 e. The zero-order chi connectivity index (χ0) is 7.42. The van der Waals surface area contributed by atoms with E-state index in [1.165, 1.54) is 12.8 Å². The van der Waals surface area contributed by atoms with Gasteiger partial charge >= 0.3 is 0 Å².